The first-order valence-corrected chi connectivity index (χ1v) is 8.10. The van der Waals surface area contributed by atoms with Crippen molar-refractivity contribution >= 4 is 12.1 Å². The summed E-state index contributed by atoms with van der Waals surface area (Å²) in [5.41, 5.74) is 0.324. The summed E-state index contributed by atoms with van der Waals surface area (Å²) in [5.74, 6) is -0.537. The van der Waals surface area contributed by atoms with Crippen molar-refractivity contribution in [3.63, 3.8) is 0 Å². The lowest BCUT2D eigenvalue weighted by molar-refractivity contribution is -0.190. The smallest absolute Gasteiger partial charge is 0.392 e. The van der Waals surface area contributed by atoms with Crippen LogP contribution in [-0.2, 0) is 23.7 Å². The Labute approximate surface area is 142 Å². The Hall–Kier alpha value is -1.92. The topological polar surface area (TPSA) is 66.4 Å². The van der Waals surface area contributed by atoms with Crippen molar-refractivity contribution in [2.75, 3.05) is 6.61 Å². The standard InChI is InChI=1S/C18H25NO5/c1-6-21-12(2)22-15-14(13-10-8-7-9-11-13)19-17(23-16(15)20)24-18(3,4)5/h7-12,14-15H,6H2,1-5H3/t12?,14-,15+/m1/s1. The Morgan fingerprint density at radius 2 is 1.92 bits per heavy atom. The maximum absolute atomic E-state index is 12.5. The molecule has 132 valence electrons. The van der Waals surface area contributed by atoms with E-state index in [2.05, 4.69) is 4.99 Å². The molecular weight excluding hydrogens is 310 g/mol. The molecule has 1 aliphatic rings. The van der Waals surface area contributed by atoms with Gasteiger partial charge < -0.3 is 18.9 Å². The Morgan fingerprint density at radius 3 is 2.50 bits per heavy atom. The normalized spacial score (nSPS) is 22.5. The van der Waals surface area contributed by atoms with Gasteiger partial charge in [0.2, 0.25) is 0 Å². The minimum absolute atomic E-state index is 0.0368. The van der Waals surface area contributed by atoms with Crippen molar-refractivity contribution in [3.05, 3.63) is 35.9 Å². The van der Waals surface area contributed by atoms with Crippen LogP contribution in [0.15, 0.2) is 35.3 Å². The lowest BCUT2D eigenvalue weighted by Crippen LogP contribution is -2.42. The molecule has 6 heteroatoms. The number of rotatable bonds is 5. The summed E-state index contributed by atoms with van der Waals surface area (Å²) in [6.07, 6.45) is -1.47. The third kappa shape index (κ3) is 5.04. The zero-order valence-corrected chi connectivity index (χ0v) is 14.8. The lowest BCUT2D eigenvalue weighted by atomic mass is 10.0. The lowest BCUT2D eigenvalue weighted by Gasteiger charge is -2.31. The zero-order valence-electron chi connectivity index (χ0n) is 14.8. The highest BCUT2D eigenvalue weighted by Gasteiger charge is 2.40. The molecule has 1 aromatic carbocycles. The number of benzene rings is 1. The largest absolute Gasteiger partial charge is 0.445 e. The predicted octanol–water partition coefficient (Wildman–Crippen LogP) is 3.22. The molecule has 0 fully saturated rings. The first-order valence-electron chi connectivity index (χ1n) is 8.10. The Kier molecular flexibility index (Phi) is 5.96. The van der Waals surface area contributed by atoms with E-state index < -0.39 is 30.0 Å². The van der Waals surface area contributed by atoms with Gasteiger partial charge in [-0.2, -0.15) is 0 Å². The van der Waals surface area contributed by atoms with Crippen LogP contribution in [0.1, 0.15) is 46.2 Å². The Balaban J connectivity index is 2.30. The van der Waals surface area contributed by atoms with Gasteiger partial charge in [-0.3, -0.25) is 0 Å². The highest BCUT2D eigenvalue weighted by atomic mass is 16.7. The number of hydrogen-bond acceptors (Lipinski definition) is 6. The van der Waals surface area contributed by atoms with E-state index >= 15 is 0 Å². The molecule has 0 spiro atoms. The summed E-state index contributed by atoms with van der Waals surface area (Å²) in [6.45, 7) is 9.67. The van der Waals surface area contributed by atoms with Crippen LogP contribution in [0.5, 0.6) is 0 Å². The quantitative estimate of drug-likeness (QED) is 0.610. The molecule has 2 rings (SSSR count). The number of carbonyl (C=O) groups excluding carboxylic acids is 1. The van der Waals surface area contributed by atoms with E-state index in [1.54, 1.807) is 6.92 Å². The van der Waals surface area contributed by atoms with Crippen LogP contribution in [0.2, 0.25) is 0 Å². The van der Waals surface area contributed by atoms with Crippen molar-refractivity contribution in [1.29, 1.82) is 0 Å². The van der Waals surface area contributed by atoms with Gasteiger partial charge in [-0.1, -0.05) is 30.3 Å². The van der Waals surface area contributed by atoms with Crippen molar-refractivity contribution in [1.82, 2.24) is 0 Å². The van der Waals surface area contributed by atoms with E-state index in [4.69, 9.17) is 18.9 Å². The van der Waals surface area contributed by atoms with Crippen LogP contribution in [0, 0.1) is 0 Å². The van der Waals surface area contributed by atoms with Crippen molar-refractivity contribution in [2.45, 2.75) is 58.7 Å². The van der Waals surface area contributed by atoms with Crippen LogP contribution in [0.3, 0.4) is 0 Å². The number of ether oxygens (including phenoxy) is 4. The molecular formula is C18H25NO5. The summed E-state index contributed by atoms with van der Waals surface area (Å²) < 4.78 is 21.9. The van der Waals surface area contributed by atoms with Gasteiger partial charge in [0.15, 0.2) is 12.4 Å². The molecule has 0 radical (unpaired) electrons. The van der Waals surface area contributed by atoms with Gasteiger partial charge in [0, 0.05) is 6.61 Å². The predicted molar refractivity (Wildman–Crippen MR) is 89.5 cm³/mol. The van der Waals surface area contributed by atoms with Crippen LogP contribution in [-0.4, -0.2) is 36.7 Å². The summed E-state index contributed by atoms with van der Waals surface area (Å²) in [4.78, 5) is 16.9. The molecule has 1 aromatic rings. The minimum atomic E-state index is -0.888. The van der Waals surface area contributed by atoms with E-state index in [9.17, 15) is 4.79 Å². The van der Waals surface area contributed by atoms with E-state index in [0.717, 1.165) is 5.56 Å². The molecule has 3 atom stereocenters. The monoisotopic (exact) mass is 335 g/mol. The van der Waals surface area contributed by atoms with Gasteiger partial charge in [-0.15, -0.1) is 0 Å². The van der Waals surface area contributed by atoms with Crippen molar-refractivity contribution in [2.24, 2.45) is 4.99 Å². The molecule has 0 N–H and O–H groups in total. The maximum atomic E-state index is 12.5. The van der Waals surface area contributed by atoms with Crippen molar-refractivity contribution < 1.29 is 23.7 Å². The molecule has 0 amide bonds. The summed E-state index contributed by atoms with van der Waals surface area (Å²) in [7, 11) is 0. The van der Waals surface area contributed by atoms with Gasteiger partial charge in [0.25, 0.3) is 0 Å². The molecule has 6 nitrogen and oxygen atoms in total. The zero-order chi connectivity index (χ0) is 17.7. The fraction of sp³-hybridized carbons (Fsp3) is 0.556. The van der Waals surface area contributed by atoms with Gasteiger partial charge >= 0.3 is 12.1 Å². The number of hydrogen-bond donors (Lipinski definition) is 0. The third-order valence-corrected chi connectivity index (χ3v) is 3.23. The second-order valence-electron chi connectivity index (χ2n) is 6.47. The van der Waals surface area contributed by atoms with Crippen LogP contribution < -0.4 is 0 Å². The second-order valence-corrected chi connectivity index (χ2v) is 6.47. The highest BCUT2D eigenvalue weighted by molar-refractivity contribution is 5.90. The first-order chi connectivity index (χ1) is 11.3. The van der Waals surface area contributed by atoms with E-state index in [1.807, 2.05) is 58.0 Å². The molecule has 0 saturated heterocycles. The van der Waals surface area contributed by atoms with Crippen LogP contribution in [0.4, 0.5) is 0 Å². The fourth-order valence-corrected chi connectivity index (χ4v) is 2.30. The van der Waals surface area contributed by atoms with E-state index in [0.29, 0.717) is 6.61 Å². The number of carbonyl (C=O) groups is 1. The summed E-state index contributed by atoms with van der Waals surface area (Å²) >= 11 is 0. The number of aliphatic imine (C=N–C) groups is 1. The van der Waals surface area contributed by atoms with Crippen LogP contribution in [0.25, 0.3) is 0 Å². The third-order valence-electron chi connectivity index (χ3n) is 3.23. The van der Waals surface area contributed by atoms with Crippen LogP contribution >= 0.6 is 0 Å². The molecule has 0 saturated carbocycles. The summed E-state index contributed by atoms with van der Waals surface area (Å²) in [5, 5.41) is 0. The minimum Gasteiger partial charge on any atom is -0.445 e. The summed E-state index contributed by atoms with van der Waals surface area (Å²) in [6, 6.07) is 8.91. The Morgan fingerprint density at radius 1 is 1.25 bits per heavy atom. The number of nitrogens with zero attached hydrogens (tertiary/aromatic N) is 1. The molecule has 0 bridgehead atoms. The Bertz CT molecular complexity index is 579. The second kappa shape index (κ2) is 7.77. The fourth-order valence-electron chi connectivity index (χ4n) is 2.30. The average molecular weight is 335 g/mol. The van der Waals surface area contributed by atoms with Gasteiger partial charge in [-0.05, 0) is 40.2 Å². The maximum Gasteiger partial charge on any atom is 0.392 e. The van der Waals surface area contributed by atoms with Gasteiger partial charge in [0.05, 0.1) is 0 Å². The van der Waals surface area contributed by atoms with Gasteiger partial charge in [0.1, 0.15) is 11.6 Å². The molecule has 0 aliphatic carbocycles. The molecule has 24 heavy (non-hydrogen) atoms. The molecule has 0 aromatic heterocycles. The SMILES string of the molecule is CCOC(C)O[C@@H]1C(=O)OC(OC(C)(C)C)=N[C@@H]1c1ccccc1. The number of cyclic esters (lactones) is 1. The van der Waals surface area contributed by atoms with Crippen molar-refractivity contribution in [3.8, 4) is 0 Å². The number of esters is 1. The molecule has 1 heterocycles. The van der Waals surface area contributed by atoms with E-state index in [1.165, 1.54) is 0 Å². The first kappa shape index (κ1) is 18.4. The highest BCUT2D eigenvalue weighted by Crippen LogP contribution is 2.30. The van der Waals surface area contributed by atoms with Gasteiger partial charge in [-0.25, -0.2) is 9.79 Å². The van der Waals surface area contributed by atoms with E-state index in [-0.39, 0.29) is 6.08 Å². The average Bonchev–Trinajstić information content (AvgIpc) is 2.49. The molecule has 1 aliphatic heterocycles. The molecule has 1 unspecified atom stereocenters.